The third kappa shape index (κ3) is 5.82. The second-order valence-corrected chi connectivity index (χ2v) is 2.34. The Kier molecular flexibility index (Phi) is 5.78. The Labute approximate surface area is 67.3 Å². The Bertz CT molecular complexity index is 117. The van der Waals surface area contributed by atoms with Crippen molar-refractivity contribution in [1.82, 2.24) is 4.90 Å². The molecule has 0 heterocycles. The Balaban J connectivity index is 3.17. The first-order chi connectivity index (χ1) is 5.18. The number of rotatable bonds is 5. The Hall–Kier alpha value is -0.610. The van der Waals surface area contributed by atoms with E-state index < -0.39 is 0 Å². The van der Waals surface area contributed by atoms with Crippen molar-refractivity contribution in [3.8, 4) is 0 Å². The summed E-state index contributed by atoms with van der Waals surface area (Å²) in [5.74, 6) is 0.0568. The van der Waals surface area contributed by atoms with Crippen molar-refractivity contribution in [2.75, 3.05) is 33.4 Å². The summed E-state index contributed by atoms with van der Waals surface area (Å²) in [6.45, 7) is 3.82. The summed E-state index contributed by atoms with van der Waals surface area (Å²) >= 11 is 0. The van der Waals surface area contributed by atoms with E-state index in [9.17, 15) is 4.79 Å². The molecule has 0 unspecified atom stereocenters. The minimum absolute atomic E-state index is 0.0568. The zero-order valence-electron chi connectivity index (χ0n) is 7.17. The van der Waals surface area contributed by atoms with Crippen LogP contribution < -0.4 is 5.73 Å². The highest BCUT2D eigenvalue weighted by molar-refractivity contribution is 5.72. The van der Waals surface area contributed by atoms with Gasteiger partial charge in [0.05, 0.1) is 13.2 Å². The van der Waals surface area contributed by atoms with Gasteiger partial charge in [0.2, 0.25) is 5.91 Å². The van der Waals surface area contributed by atoms with Crippen LogP contribution in [0.4, 0.5) is 0 Å². The molecule has 0 atom stereocenters. The van der Waals surface area contributed by atoms with Gasteiger partial charge in [-0.2, -0.15) is 0 Å². The molecule has 0 aliphatic carbocycles. The Morgan fingerprint density at radius 2 is 2.18 bits per heavy atom. The third-order valence-corrected chi connectivity index (χ3v) is 1.37. The number of ether oxygens (including phenoxy) is 1. The molecule has 0 saturated carbocycles. The maximum atomic E-state index is 10.7. The van der Waals surface area contributed by atoms with Gasteiger partial charge in [0, 0.05) is 27.1 Å². The number of hydrogen-bond donors (Lipinski definition) is 1. The highest BCUT2D eigenvalue weighted by Gasteiger charge is 1.99. The lowest BCUT2D eigenvalue weighted by atomic mass is 10.5. The standard InChI is InChI=1S/C7H16N2O2/c1-7(10)9(2)4-6-11-5-3-8/h3-6,8H2,1-2H3. The second-order valence-electron chi connectivity index (χ2n) is 2.34. The van der Waals surface area contributed by atoms with E-state index in [1.54, 1.807) is 11.9 Å². The van der Waals surface area contributed by atoms with Gasteiger partial charge >= 0.3 is 0 Å². The lowest BCUT2D eigenvalue weighted by Gasteiger charge is -2.13. The van der Waals surface area contributed by atoms with E-state index in [4.69, 9.17) is 10.5 Å². The largest absolute Gasteiger partial charge is 0.378 e. The third-order valence-electron chi connectivity index (χ3n) is 1.37. The molecule has 4 nitrogen and oxygen atoms in total. The molecule has 0 fully saturated rings. The molecule has 0 spiro atoms. The minimum Gasteiger partial charge on any atom is -0.378 e. The molecule has 0 aliphatic heterocycles. The number of nitrogens with zero attached hydrogens (tertiary/aromatic N) is 1. The first-order valence-electron chi connectivity index (χ1n) is 3.68. The van der Waals surface area contributed by atoms with Crippen LogP contribution in [0, 0.1) is 0 Å². The average molecular weight is 160 g/mol. The highest BCUT2D eigenvalue weighted by atomic mass is 16.5. The van der Waals surface area contributed by atoms with Crippen LogP contribution >= 0.6 is 0 Å². The topological polar surface area (TPSA) is 55.6 Å². The van der Waals surface area contributed by atoms with Gasteiger partial charge in [0.1, 0.15) is 0 Å². The van der Waals surface area contributed by atoms with Crippen molar-refractivity contribution in [3.63, 3.8) is 0 Å². The van der Waals surface area contributed by atoms with Gasteiger partial charge in [0.25, 0.3) is 0 Å². The van der Waals surface area contributed by atoms with E-state index in [0.29, 0.717) is 26.3 Å². The summed E-state index contributed by atoms with van der Waals surface area (Å²) < 4.78 is 5.08. The van der Waals surface area contributed by atoms with E-state index in [2.05, 4.69) is 0 Å². The van der Waals surface area contributed by atoms with Crippen molar-refractivity contribution in [1.29, 1.82) is 0 Å². The van der Waals surface area contributed by atoms with E-state index in [-0.39, 0.29) is 5.91 Å². The van der Waals surface area contributed by atoms with E-state index in [0.717, 1.165) is 0 Å². The average Bonchev–Trinajstić information content (AvgIpc) is 1.97. The van der Waals surface area contributed by atoms with Crippen molar-refractivity contribution in [3.05, 3.63) is 0 Å². The van der Waals surface area contributed by atoms with Crippen molar-refractivity contribution >= 4 is 5.91 Å². The number of likely N-dealkylation sites (N-methyl/N-ethyl adjacent to an activating group) is 1. The monoisotopic (exact) mass is 160 g/mol. The lowest BCUT2D eigenvalue weighted by molar-refractivity contribution is -0.128. The fourth-order valence-corrected chi connectivity index (χ4v) is 0.544. The number of hydrogen-bond acceptors (Lipinski definition) is 3. The molecule has 4 heteroatoms. The Morgan fingerprint density at radius 3 is 2.64 bits per heavy atom. The number of carbonyl (C=O) groups is 1. The second kappa shape index (κ2) is 6.12. The smallest absolute Gasteiger partial charge is 0.219 e. The SMILES string of the molecule is CC(=O)N(C)CCOCCN. The molecule has 11 heavy (non-hydrogen) atoms. The molecular formula is C7H16N2O2. The minimum atomic E-state index is 0.0568. The van der Waals surface area contributed by atoms with Crippen LogP contribution in [0.2, 0.25) is 0 Å². The molecule has 0 bridgehead atoms. The Morgan fingerprint density at radius 1 is 1.55 bits per heavy atom. The highest BCUT2D eigenvalue weighted by Crippen LogP contribution is 1.83. The summed E-state index contributed by atoms with van der Waals surface area (Å²) in [5, 5.41) is 0. The van der Waals surface area contributed by atoms with Gasteiger partial charge in [-0.15, -0.1) is 0 Å². The van der Waals surface area contributed by atoms with Crippen LogP contribution in [-0.2, 0) is 9.53 Å². The summed E-state index contributed by atoms with van der Waals surface area (Å²) in [6, 6.07) is 0. The predicted octanol–water partition coefficient (Wildman–Crippen LogP) is -0.560. The lowest BCUT2D eigenvalue weighted by Crippen LogP contribution is -2.28. The first-order valence-corrected chi connectivity index (χ1v) is 3.68. The molecule has 0 aromatic rings. The van der Waals surface area contributed by atoms with Crippen LogP contribution in [0.3, 0.4) is 0 Å². The van der Waals surface area contributed by atoms with Gasteiger partial charge in [-0.25, -0.2) is 0 Å². The normalized spacial score (nSPS) is 9.73. The number of amides is 1. The fraction of sp³-hybridized carbons (Fsp3) is 0.857. The number of carbonyl (C=O) groups excluding carboxylic acids is 1. The van der Waals surface area contributed by atoms with Crippen molar-refractivity contribution in [2.24, 2.45) is 5.73 Å². The molecule has 2 N–H and O–H groups in total. The van der Waals surface area contributed by atoms with Crippen LogP contribution in [0.5, 0.6) is 0 Å². The van der Waals surface area contributed by atoms with E-state index in [1.807, 2.05) is 0 Å². The first kappa shape index (κ1) is 10.4. The van der Waals surface area contributed by atoms with Gasteiger partial charge in [-0.3, -0.25) is 4.79 Å². The molecule has 0 radical (unpaired) electrons. The molecule has 0 aromatic heterocycles. The van der Waals surface area contributed by atoms with Crippen LogP contribution in [0.25, 0.3) is 0 Å². The van der Waals surface area contributed by atoms with Gasteiger partial charge < -0.3 is 15.4 Å². The zero-order valence-corrected chi connectivity index (χ0v) is 7.17. The van der Waals surface area contributed by atoms with Crippen molar-refractivity contribution in [2.45, 2.75) is 6.92 Å². The molecule has 0 aromatic carbocycles. The summed E-state index contributed by atoms with van der Waals surface area (Å²) in [6.07, 6.45) is 0. The molecule has 0 rings (SSSR count). The van der Waals surface area contributed by atoms with Crippen LogP contribution in [0.1, 0.15) is 6.92 Å². The fourth-order valence-electron chi connectivity index (χ4n) is 0.544. The van der Waals surface area contributed by atoms with E-state index in [1.165, 1.54) is 6.92 Å². The maximum Gasteiger partial charge on any atom is 0.219 e. The summed E-state index contributed by atoms with van der Waals surface area (Å²) in [4.78, 5) is 12.3. The number of nitrogens with two attached hydrogens (primary N) is 1. The zero-order chi connectivity index (χ0) is 8.69. The van der Waals surface area contributed by atoms with Crippen LogP contribution in [0.15, 0.2) is 0 Å². The molecule has 66 valence electrons. The maximum absolute atomic E-state index is 10.7. The molecule has 1 amide bonds. The summed E-state index contributed by atoms with van der Waals surface area (Å²) in [7, 11) is 1.74. The van der Waals surface area contributed by atoms with Gasteiger partial charge in [-0.1, -0.05) is 0 Å². The quantitative estimate of drug-likeness (QED) is 0.548. The van der Waals surface area contributed by atoms with Crippen LogP contribution in [-0.4, -0.2) is 44.2 Å². The molecule has 0 aliphatic rings. The molecular weight excluding hydrogens is 144 g/mol. The van der Waals surface area contributed by atoms with Gasteiger partial charge in [0.15, 0.2) is 0 Å². The summed E-state index contributed by atoms with van der Waals surface area (Å²) in [5.41, 5.74) is 5.20. The van der Waals surface area contributed by atoms with Gasteiger partial charge in [-0.05, 0) is 0 Å². The van der Waals surface area contributed by atoms with E-state index >= 15 is 0 Å². The molecule has 0 saturated heterocycles. The van der Waals surface area contributed by atoms with Crippen molar-refractivity contribution < 1.29 is 9.53 Å². The predicted molar refractivity (Wildman–Crippen MR) is 43.2 cm³/mol.